The lowest BCUT2D eigenvalue weighted by Crippen LogP contribution is -2.19. The maximum atomic E-state index is 6.21. The van der Waals surface area contributed by atoms with Crippen molar-refractivity contribution < 1.29 is 4.74 Å². The zero-order valence-corrected chi connectivity index (χ0v) is 13.2. The summed E-state index contributed by atoms with van der Waals surface area (Å²) >= 11 is 0. The van der Waals surface area contributed by atoms with Gasteiger partial charge in [0.2, 0.25) is 0 Å². The third-order valence-electron chi connectivity index (χ3n) is 3.85. The topological polar surface area (TPSA) is 35.2 Å². The van der Waals surface area contributed by atoms with E-state index in [1.807, 2.05) is 6.07 Å². The van der Waals surface area contributed by atoms with Gasteiger partial charge in [0.1, 0.15) is 12.4 Å². The lowest BCUT2D eigenvalue weighted by molar-refractivity contribution is 0.290. The second-order valence-corrected chi connectivity index (χ2v) is 5.66. The van der Waals surface area contributed by atoms with E-state index in [-0.39, 0.29) is 6.04 Å². The minimum absolute atomic E-state index is 0.0951. The summed E-state index contributed by atoms with van der Waals surface area (Å²) in [5.41, 5.74) is 11.2. The molecule has 0 radical (unpaired) electrons. The largest absolute Gasteiger partial charge is 0.492 e. The third-order valence-corrected chi connectivity index (χ3v) is 3.85. The van der Waals surface area contributed by atoms with Crippen LogP contribution >= 0.6 is 0 Å². The number of ether oxygens (including phenoxy) is 1. The van der Waals surface area contributed by atoms with Crippen molar-refractivity contribution in [3.8, 4) is 5.75 Å². The van der Waals surface area contributed by atoms with Crippen molar-refractivity contribution in [2.45, 2.75) is 39.7 Å². The molecule has 2 rings (SSSR count). The Balaban J connectivity index is 1.94. The summed E-state index contributed by atoms with van der Waals surface area (Å²) < 4.78 is 5.81. The molecule has 0 aromatic heterocycles. The van der Waals surface area contributed by atoms with Crippen molar-refractivity contribution in [1.82, 2.24) is 0 Å². The van der Waals surface area contributed by atoms with Gasteiger partial charge in [0.25, 0.3) is 0 Å². The van der Waals surface area contributed by atoms with Crippen molar-refractivity contribution in [2.75, 3.05) is 6.61 Å². The van der Waals surface area contributed by atoms with Crippen LogP contribution in [0.4, 0.5) is 0 Å². The molecule has 2 nitrogen and oxygen atoms in total. The molecule has 0 aliphatic heterocycles. The Bertz CT molecular complexity index is 575. The van der Waals surface area contributed by atoms with Gasteiger partial charge in [-0.05, 0) is 54.7 Å². The summed E-state index contributed by atoms with van der Waals surface area (Å²) in [6, 6.07) is 14.6. The summed E-state index contributed by atoms with van der Waals surface area (Å²) in [6.07, 6.45) is 2.29. The van der Waals surface area contributed by atoms with Crippen LogP contribution in [0.2, 0.25) is 0 Å². The van der Waals surface area contributed by atoms with E-state index in [9.17, 15) is 0 Å². The van der Waals surface area contributed by atoms with Crippen molar-refractivity contribution >= 4 is 0 Å². The average molecular weight is 283 g/mol. The van der Waals surface area contributed by atoms with Gasteiger partial charge in [-0.3, -0.25) is 0 Å². The second kappa shape index (κ2) is 7.28. The first-order valence-electron chi connectivity index (χ1n) is 7.64. The molecule has 2 heteroatoms. The van der Waals surface area contributed by atoms with Crippen LogP contribution < -0.4 is 10.5 Å². The molecule has 0 spiro atoms. The third kappa shape index (κ3) is 4.33. The van der Waals surface area contributed by atoms with E-state index in [4.69, 9.17) is 10.5 Å². The normalized spacial score (nSPS) is 12.2. The van der Waals surface area contributed by atoms with E-state index in [1.165, 1.54) is 23.1 Å². The van der Waals surface area contributed by atoms with Gasteiger partial charge in [-0.1, -0.05) is 43.7 Å². The molecule has 0 heterocycles. The van der Waals surface area contributed by atoms with Crippen LogP contribution in [0.5, 0.6) is 5.75 Å². The van der Waals surface area contributed by atoms with Crippen molar-refractivity contribution in [3.63, 3.8) is 0 Å². The molecule has 21 heavy (non-hydrogen) atoms. The predicted octanol–water partition coefficient (Wildman–Crippen LogP) is 4.33. The first-order valence-corrected chi connectivity index (χ1v) is 7.64. The highest BCUT2D eigenvalue weighted by molar-refractivity contribution is 5.34. The summed E-state index contributed by atoms with van der Waals surface area (Å²) in [7, 11) is 0. The highest BCUT2D eigenvalue weighted by Gasteiger charge is 2.07. The zero-order valence-electron chi connectivity index (χ0n) is 13.2. The van der Waals surface area contributed by atoms with Gasteiger partial charge in [-0.15, -0.1) is 0 Å². The molecule has 0 saturated carbocycles. The maximum Gasteiger partial charge on any atom is 0.119 e. The molecule has 0 aliphatic carbocycles. The molecular weight excluding hydrogens is 258 g/mol. The fraction of sp³-hybridized carbons (Fsp3) is 0.368. The fourth-order valence-corrected chi connectivity index (χ4v) is 2.31. The quantitative estimate of drug-likeness (QED) is 0.856. The number of benzene rings is 2. The van der Waals surface area contributed by atoms with E-state index < -0.39 is 0 Å². The van der Waals surface area contributed by atoms with Crippen LogP contribution in [0.25, 0.3) is 0 Å². The number of nitrogens with two attached hydrogens (primary N) is 1. The summed E-state index contributed by atoms with van der Waals surface area (Å²) in [5.74, 6) is 0.885. The molecular formula is C19H25NO. The van der Waals surface area contributed by atoms with Gasteiger partial charge in [-0.25, -0.2) is 0 Å². The van der Waals surface area contributed by atoms with Crippen LogP contribution in [-0.4, -0.2) is 6.61 Å². The average Bonchev–Trinajstić information content (AvgIpc) is 2.49. The van der Waals surface area contributed by atoms with Gasteiger partial charge in [0, 0.05) is 0 Å². The highest BCUT2D eigenvalue weighted by Crippen LogP contribution is 2.19. The van der Waals surface area contributed by atoms with Crippen LogP contribution in [-0.2, 0) is 6.42 Å². The summed E-state index contributed by atoms with van der Waals surface area (Å²) in [6.45, 7) is 6.88. The molecule has 112 valence electrons. The molecule has 2 N–H and O–H groups in total. The van der Waals surface area contributed by atoms with Crippen LogP contribution in [0, 0.1) is 13.8 Å². The number of hydrogen-bond acceptors (Lipinski definition) is 2. The molecule has 0 saturated heterocycles. The SMILES string of the molecule is CCCc1ccc(C(N)COc2ccc(C)c(C)c2)cc1. The van der Waals surface area contributed by atoms with Gasteiger partial charge in [0.15, 0.2) is 0 Å². The Labute approximate surface area is 127 Å². The highest BCUT2D eigenvalue weighted by atomic mass is 16.5. The Kier molecular flexibility index (Phi) is 5.40. The standard InChI is InChI=1S/C19H25NO/c1-4-5-16-7-9-17(10-8-16)19(20)13-21-18-11-6-14(2)15(3)12-18/h6-12,19H,4-5,13,20H2,1-3H3. The Morgan fingerprint density at radius 2 is 1.71 bits per heavy atom. The molecule has 1 unspecified atom stereocenters. The second-order valence-electron chi connectivity index (χ2n) is 5.66. The van der Waals surface area contributed by atoms with Crippen molar-refractivity contribution in [1.29, 1.82) is 0 Å². The smallest absolute Gasteiger partial charge is 0.119 e. The van der Waals surface area contributed by atoms with Gasteiger partial charge in [-0.2, -0.15) is 0 Å². The summed E-state index contributed by atoms with van der Waals surface area (Å²) in [5, 5.41) is 0. The van der Waals surface area contributed by atoms with Gasteiger partial charge < -0.3 is 10.5 Å². The van der Waals surface area contributed by atoms with Crippen LogP contribution in [0.1, 0.15) is 41.6 Å². The first kappa shape index (κ1) is 15.6. The molecule has 0 aliphatic rings. The number of rotatable bonds is 6. The first-order chi connectivity index (χ1) is 10.1. The van der Waals surface area contributed by atoms with E-state index in [0.29, 0.717) is 6.61 Å². The number of hydrogen-bond donors (Lipinski definition) is 1. The predicted molar refractivity (Wildman–Crippen MR) is 88.8 cm³/mol. The van der Waals surface area contributed by atoms with Gasteiger partial charge in [0.05, 0.1) is 6.04 Å². The van der Waals surface area contributed by atoms with E-state index in [1.54, 1.807) is 0 Å². The molecule has 0 fully saturated rings. The lowest BCUT2D eigenvalue weighted by atomic mass is 10.0. The van der Waals surface area contributed by atoms with Crippen LogP contribution in [0.15, 0.2) is 42.5 Å². The Morgan fingerprint density at radius 1 is 1.00 bits per heavy atom. The van der Waals surface area contributed by atoms with Crippen molar-refractivity contribution in [3.05, 3.63) is 64.7 Å². The van der Waals surface area contributed by atoms with Gasteiger partial charge >= 0.3 is 0 Å². The molecule has 2 aromatic rings. The monoisotopic (exact) mass is 283 g/mol. The lowest BCUT2D eigenvalue weighted by Gasteiger charge is -2.15. The summed E-state index contributed by atoms with van der Waals surface area (Å²) in [4.78, 5) is 0. The Morgan fingerprint density at radius 3 is 2.33 bits per heavy atom. The maximum absolute atomic E-state index is 6.21. The molecule has 1 atom stereocenters. The molecule has 0 bridgehead atoms. The van der Waals surface area contributed by atoms with Crippen molar-refractivity contribution in [2.24, 2.45) is 5.73 Å². The molecule has 0 amide bonds. The minimum Gasteiger partial charge on any atom is -0.492 e. The molecule has 2 aromatic carbocycles. The zero-order chi connectivity index (χ0) is 15.2. The van der Waals surface area contributed by atoms with E-state index >= 15 is 0 Å². The van der Waals surface area contributed by atoms with E-state index in [2.05, 4.69) is 57.2 Å². The van der Waals surface area contributed by atoms with E-state index in [0.717, 1.165) is 17.7 Å². The minimum atomic E-state index is -0.0951. The Hall–Kier alpha value is -1.80. The number of aryl methyl sites for hydroxylation is 3. The van der Waals surface area contributed by atoms with Crippen LogP contribution in [0.3, 0.4) is 0 Å². The fourth-order valence-electron chi connectivity index (χ4n) is 2.31.